The van der Waals surface area contributed by atoms with Crippen molar-refractivity contribution in [1.29, 1.82) is 0 Å². The summed E-state index contributed by atoms with van der Waals surface area (Å²) in [6, 6.07) is 0. The summed E-state index contributed by atoms with van der Waals surface area (Å²) in [6.45, 7) is 3.31. The van der Waals surface area contributed by atoms with E-state index in [4.69, 9.17) is 5.73 Å². The van der Waals surface area contributed by atoms with Gasteiger partial charge in [0.2, 0.25) is 0 Å². The van der Waals surface area contributed by atoms with Crippen molar-refractivity contribution < 1.29 is 0 Å². The summed E-state index contributed by atoms with van der Waals surface area (Å²) in [6.07, 6.45) is 7.85. The molecule has 0 unspecified atom stereocenters. The fourth-order valence-corrected chi connectivity index (χ4v) is 2.75. The van der Waals surface area contributed by atoms with E-state index in [0.717, 1.165) is 32.0 Å². The summed E-state index contributed by atoms with van der Waals surface area (Å²) in [5.74, 6) is 0.821. The van der Waals surface area contributed by atoms with Crippen molar-refractivity contribution in [2.24, 2.45) is 18.7 Å². The molecule has 1 aliphatic carbocycles. The smallest absolute Gasteiger partial charge is 0.0522 e. The first-order valence-electron chi connectivity index (χ1n) is 6.14. The van der Waals surface area contributed by atoms with Crippen LogP contribution in [0, 0.1) is 5.92 Å². The monoisotopic (exact) mass is 220 g/mol. The first kappa shape index (κ1) is 10.3. The van der Waals surface area contributed by atoms with Gasteiger partial charge in [0, 0.05) is 38.4 Å². The second-order valence-corrected chi connectivity index (χ2v) is 5.49. The molecule has 1 saturated carbocycles. The quantitative estimate of drug-likeness (QED) is 0.798. The Kier molecular flexibility index (Phi) is 2.30. The van der Waals surface area contributed by atoms with Crippen LogP contribution in [-0.4, -0.2) is 39.9 Å². The number of aryl methyl sites for hydroxylation is 1. The standard InChI is InChI=1S/C12H20N4/c1-15-7-10(6-14-15)4-5-16-8-12(13,9-16)11-2-3-11/h6-7,11H,2-5,8-9,13H2,1H3. The van der Waals surface area contributed by atoms with Gasteiger partial charge in [-0.15, -0.1) is 0 Å². The van der Waals surface area contributed by atoms with Crippen molar-refractivity contribution in [2.75, 3.05) is 19.6 Å². The minimum absolute atomic E-state index is 0.162. The Morgan fingerprint density at radius 1 is 1.50 bits per heavy atom. The van der Waals surface area contributed by atoms with E-state index < -0.39 is 0 Å². The largest absolute Gasteiger partial charge is 0.323 e. The zero-order chi connectivity index (χ0) is 11.2. The lowest BCUT2D eigenvalue weighted by Gasteiger charge is -2.48. The van der Waals surface area contributed by atoms with Gasteiger partial charge >= 0.3 is 0 Å². The number of nitrogens with zero attached hydrogens (tertiary/aromatic N) is 3. The molecule has 1 saturated heterocycles. The molecule has 0 aromatic carbocycles. The van der Waals surface area contributed by atoms with Gasteiger partial charge in [0.15, 0.2) is 0 Å². The highest BCUT2D eigenvalue weighted by atomic mass is 15.3. The Bertz CT molecular complexity index is 374. The Morgan fingerprint density at radius 2 is 2.25 bits per heavy atom. The third-order valence-corrected chi connectivity index (χ3v) is 3.90. The van der Waals surface area contributed by atoms with Crippen LogP contribution in [0.25, 0.3) is 0 Å². The molecule has 4 nitrogen and oxygen atoms in total. The van der Waals surface area contributed by atoms with Gasteiger partial charge in [0.25, 0.3) is 0 Å². The summed E-state index contributed by atoms with van der Waals surface area (Å²) >= 11 is 0. The maximum Gasteiger partial charge on any atom is 0.0522 e. The van der Waals surface area contributed by atoms with E-state index in [0.29, 0.717) is 0 Å². The van der Waals surface area contributed by atoms with E-state index in [2.05, 4.69) is 16.2 Å². The lowest BCUT2D eigenvalue weighted by molar-refractivity contribution is 0.0560. The number of hydrogen-bond acceptors (Lipinski definition) is 3. The van der Waals surface area contributed by atoms with Crippen molar-refractivity contribution in [3.63, 3.8) is 0 Å². The molecular weight excluding hydrogens is 200 g/mol. The van der Waals surface area contributed by atoms with E-state index in [1.54, 1.807) is 0 Å². The van der Waals surface area contributed by atoms with E-state index in [1.165, 1.54) is 18.4 Å². The van der Waals surface area contributed by atoms with Gasteiger partial charge < -0.3 is 5.73 Å². The van der Waals surface area contributed by atoms with Crippen molar-refractivity contribution in [2.45, 2.75) is 24.8 Å². The summed E-state index contributed by atoms with van der Waals surface area (Å²) in [4.78, 5) is 2.46. The molecule has 1 aromatic rings. The van der Waals surface area contributed by atoms with Crippen molar-refractivity contribution in [1.82, 2.24) is 14.7 Å². The molecule has 1 aromatic heterocycles. The topological polar surface area (TPSA) is 47.1 Å². The molecule has 16 heavy (non-hydrogen) atoms. The van der Waals surface area contributed by atoms with Crippen LogP contribution < -0.4 is 5.73 Å². The lowest BCUT2D eigenvalue weighted by atomic mass is 9.85. The zero-order valence-electron chi connectivity index (χ0n) is 9.89. The van der Waals surface area contributed by atoms with Crippen LogP contribution in [0.5, 0.6) is 0 Å². The van der Waals surface area contributed by atoms with Crippen LogP contribution in [0.3, 0.4) is 0 Å². The second kappa shape index (κ2) is 3.57. The van der Waals surface area contributed by atoms with Gasteiger partial charge in [-0.25, -0.2) is 0 Å². The normalized spacial score (nSPS) is 24.4. The van der Waals surface area contributed by atoms with Crippen molar-refractivity contribution in [3.05, 3.63) is 18.0 Å². The molecular formula is C12H20N4. The molecule has 88 valence electrons. The first-order valence-corrected chi connectivity index (χ1v) is 6.14. The third-order valence-electron chi connectivity index (χ3n) is 3.90. The molecule has 3 rings (SSSR count). The highest BCUT2D eigenvalue weighted by Crippen LogP contribution is 2.42. The first-order chi connectivity index (χ1) is 7.66. The fourth-order valence-electron chi connectivity index (χ4n) is 2.75. The Balaban J connectivity index is 1.44. The van der Waals surface area contributed by atoms with E-state index in [-0.39, 0.29) is 5.54 Å². The zero-order valence-corrected chi connectivity index (χ0v) is 9.89. The van der Waals surface area contributed by atoms with E-state index >= 15 is 0 Å². The van der Waals surface area contributed by atoms with Crippen LogP contribution in [0.4, 0.5) is 0 Å². The Labute approximate surface area is 96.4 Å². The molecule has 2 heterocycles. The van der Waals surface area contributed by atoms with Crippen LogP contribution in [-0.2, 0) is 13.5 Å². The minimum Gasteiger partial charge on any atom is -0.323 e. The van der Waals surface area contributed by atoms with E-state index in [1.807, 2.05) is 17.9 Å². The van der Waals surface area contributed by atoms with Crippen LogP contribution >= 0.6 is 0 Å². The minimum atomic E-state index is 0.162. The Morgan fingerprint density at radius 3 is 2.81 bits per heavy atom. The Hall–Kier alpha value is -0.870. The maximum atomic E-state index is 6.31. The number of aromatic nitrogens is 2. The maximum absolute atomic E-state index is 6.31. The highest BCUT2D eigenvalue weighted by Gasteiger charge is 2.49. The molecule has 2 fully saturated rings. The molecule has 4 heteroatoms. The van der Waals surface area contributed by atoms with Crippen molar-refractivity contribution in [3.8, 4) is 0 Å². The van der Waals surface area contributed by atoms with Gasteiger partial charge in [-0.05, 0) is 30.7 Å². The second-order valence-electron chi connectivity index (χ2n) is 5.49. The van der Waals surface area contributed by atoms with Crippen LogP contribution in [0.15, 0.2) is 12.4 Å². The average molecular weight is 220 g/mol. The molecule has 1 aliphatic heterocycles. The number of likely N-dealkylation sites (tertiary alicyclic amines) is 1. The van der Waals surface area contributed by atoms with Gasteiger partial charge in [0.1, 0.15) is 0 Å². The predicted molar refractivity (Wildman–Crippen MR) is 63.0 cm³/mol. The van der Waals surface area contributed by atoms with Gasteiger partial charge in [0.05, 0.1) is 6.20 Å². The predicted octanol–water partition coefficient (Wildman–Crippen LogP) is 0.386. The summed E-state index contributed by atoms with van der Waals surface area (Å²) in [7, 11) is 1.96. The van der Waals surface area contributed by atoms with Crippen LogP contribution in [0.1, 0.15) is 18.4 Å². The van der Waals surface area contributed by atoms with Gasteiger partial charge in [-0.3, -0.25) is 9.58 Å². The average Bonchev–Trinajstić information content (AvgIpc) is 2.97. The number of rotatable bonds is 4. The number of hydrogen-bond donors (Lipinski definition) is 1. The molecule has 0 radical (unpaired) electrons. The van der Waals surface area contributed by atoms with Crippen molar-refractivity contribution >= 4 is 0 Å². The van der Waals surface area contributed by atoms with Gasteiger partial charge in [-0.2, -0.15) is 5.10 Å². The molecule has 0 atom stereocenters. The van der Waals surface area contributed by atoms with E-state index in [9.17, 15) is 0 Å². The highest BCUT2D eigenvalue weighted by molar-refractivity contribution is 5.10. The lowest BCUT2D eigenvalue weighted by Crippen LogP contribution is -2.68. The van der Waals surface area contributed by atoms with Gasteiger partial charge in [-0.1, -0.05) is 0 Å². The molecule has 2 aliphatic rings. The molecule has 0 spiro atoms. The fraction of sp³-hybridized carbons (Fsp3) is 0.750. The summed E-state index contributed by atoms with van der Waals surface area (Å²) < 4.78 is 1.86. The molecule has 2 N–H and O–H groups in total. The number of nitrogens with two attached hydrogens (primary N) is 1. The SMILES string of the molecule is Cn1cc(CCN2CC(N)(C3CC3)C2)cn1. The molecule has 0 amide bonds. The van der Waals surface area contributed by atoms with Crippen LogP contribution in [0.2, 0.25) is 0 Å². The summed E-state index contributed by atoms with van der Waals surface area (Å²) in [5, 5.41) is 4.18. The summed E-state index contributed by atoms with van der Waals surface area (Å²) in [5.41, 5.74) is 7.80. The molecule has 0 bridgehead atoms. The third kappa shape index (κ3) is 1.87.